The number of ketones is 1. The summed E-state index contributed by atoms with van der Waals surface area (Å²) in [6, 6.07) is 6.32. The first-order valence-corrected chi connectivity index (χ1v) is 8.09. The molecule has 1 heterocycles. The predicted octanol–water partition coefficient (Wildman–Crippen LogP) is 2.86. The number of benzene rings is 1. The average molecular weight is 359 g/mol. The molecule has 0 amide bonds. The third-order valence-electron chi connectivity index (χ3n) is 3.76. The van der Waals surface area contributed by atoms with E-state index in [1.54, 1.807) is 39.0 Å². The van der Waals surface area contributed by atoms with Crippen molar-refractivity contribution in [3.05, 3.63) is 52.3 Å². The fraction of sp³-hybridized carbons (Fsp3) is 0.316. The van der Waals surface area contributed by atoms with E-state index in [1.807, 2.05) is 0 Å². The first kappa shape index (κ1) is 19.2. The van der Waals surface area contributed by atoms with E-state index in [2.05, 4.69) is 9.72 Å². The first-order chi connectivity index (χ1) is 12.4. The van der Waals surface area contributed by atoms with Gasteiger partial charge >= 0.3 is 11.9 Å². The zero-order valence-electron chi connectivity index (χ0n) is 15.2. The minimum absolute atomic E-state index is 0.215. The first-order valence-electron chi connectivity index (χ1n) is 8.09. The average Bonchev–Trinajstić information content (AvgIpc) is 2.93. The second-order valence-electron chi connectivity index (χ2n) is 5.58. The lowest BCUT2D eigenvalue weighted by Gasteiger charge is -2.08. The van der Waals surface area contributed by atoms with Gasteiger partial charge in [-0.15, -0.1) is 0 Å². The SMILES string of the molecule is CCOC(=O)c1c(C)[nH]c(C)c1C(=O)COc1cccc(C(=O)OC)c1. The molecule has 26 heavy (non-hydrogen) atoms. The summed E-state index contributed by atoms with van der Waals surface area (Å²) in [7, 11) is 1.29. The molecule has 0 radical (unpaired) electrons. The van der Waals surface area contributed by atoms with Crippen molar-refractivity contribution in [2.24, 2.45) is 0 Å². The van der Waals surface area contributed by atoms with Crippen molar-refractivity contribution in [3.63, 3.8) is 0 Å². The Morgan fingerprint density at radius 1 is 1.04 bits per heavy atom. The molecule has 0 atom stereocenters. The Morgan fingerprint density at radius 3 is 2.38 bits per heavy atom. The normalized spacial score (nSPS) is 10.3. The fourth-order valence-electron chi connectivity index (χ4n) is 2.64. The van der Waals surface area contributed by atoms with Crippen molar-refractivity contribution < 1.29 is 28.6 Å². The Bertz CT molecular complexity index is 837. The highest BCUT2D eigenvalue weighted by Crippen LogP contribution is 2.21. The van der Waals surface area contributed by atoms with Gasteiger partial charge < -0.3 is 19.2 Å². The molecule has 0 aliphatic rings. The van der Waals surface area contributed by atoms with E-state index in [0.29, 0.717) is 22.7 Å². The number of Topliss-reactive ketones (excluding diaryl/α,β-unsaturated/α-hetero) is 1. The Kier molecular flexibility index (Phi) is 6.16. The molecule has 1 aromatic heterocycles. The van der Waals surface area contributed by atoms with Gasteiger partial charge in [-0.05, 0) is 39.0 Å². The van der Waals surface area contributed by atoms with Crippen LogP contribution in [0.4, 0.5) is 0 Å². The molecule has 0 aliphatic carbocycles. The van der Waals surface area contributed by atoms with Gasteiger partial charge in [-0.3, -0.25) is 4.79 Å². The summed E-state index contributed by atoms with van der Waals surface area (Å²) in [5.74, 6) is -1.06. The van der Waals surface area contributed by atoms with Crippen molar-refractivity contribution in [1.82, 2.24) is 4.98 Å². The zero-order chi connectivity index (χ0) is 19.3. The van der Waals surface area contributed by atoms with Crippen LogP contribution in [0.15, 0.2) is 24.3 Å². The van der Waals surface area contributed by atoms with Crippen LogP contribution in [0.3, 0.4) is 0 Å². The highest BCUT2D eigenvalue weighted by atomic mass is 16.5. The second kappa shape index (κ2) is 8.33. The van der Waals surface area contributed by atoms with Crippen molar-refractivity contribution >= 4 is 17.7 Å². The Hall–Kier alpha value is -3.09. The van der Waals surface area contributed by atoms with Crippen LogP contribution >= 0.6 is 0 Å². The van der Waals surface area contributed by atoms with Crippen LogP contribution in [0.25, 0.3) is 0 Å². The van der Waals surface area contributed by atoms with Gasteiger partial charge in [-0.2, -0.15) is 0 Å². The minimum atomic E-state index is -0.551. The minimum Gasteiger partial charge on any atom is -0.485 e. The van der Waals surface area contributed by atoms with E-state index in [1.165, 1.54) is 13.2 Å². The molecular weight excluding hydrogens is 338 g/mol. The predicted molar refractivity (Wildman–Crippen MR) is 93.8 cm³/mol. The van der Waals surface area contributed by atoms with Gasteiger partial charge in [0.2, 0.25) is 5.78 Å². The quantitative estimate of drug-likeness (QED) is 0.603. The summed E-state index contributed by atoms with van der Waals surface area (Å²) in [6.07, 6.45) is 0. The molecule has 1 N–H and O–H groups in total. The number of nitrogens with one attached hydrogen (secondary N) is 1. The van der Waals surface area contributed by atoms with Gasteiger partial charge in [0.25, 0.3) is 0 Å². The highest BCUT2D eigenvalue weighted by Gasteiger charge is 2.25. The lowest BCUT2D eigenvalue weighted by atomic mass is 10.1. The van der Waals surface area contributed by atoms with Gasteiger partial charge in [0, 0.05) is 11.4 Å². The third-order valence-corrected chi connectivity index (χ3v) is 3.76. The Balaban J connectivity index is 2.19. The largest absolute Gasteiger partial charge is 0.485 e. The van der Waals surface area contributed by atoms with Crippen LogP contribution in [-0.4, -0.2) is 43.0 Å². The third kappa shape index (κ3) is 4.11. The molecule has 1 aromatic carbocycles. The molecule has 2 aromatic rings. The standard InChI is InChI=1S/C19H21NO6/c1-5-25-19(23)17-12(3)20-11(2)16(17)15(21)10-26-14-8-6-7-13(9-14)18(22)24-4/h6-9,20H,5,10H2,1-4H3. The number of esters is 2. The summed E-state index contributed by atoms with van der Waals surface area (Å²) in [5.41, 5.74) is 1.93. The molecular formula is C19H21NO6. The van der Waals surface area contributed by atoms with Gasteiger partial charge in [0.15, 0.2) is 6.61 Å². The molecule has 138 valence electrons. The molecule has 0 bridgehead atoms. The molecule has 0 aliphatic heterocycles. The monoisotopic (exact) mass is 359 g/mol. The number of H-pyrrole nitrogens is 1. The van der Waals surface area contributed by atoms with Crippen LogP contribution in [0.2, 0.25) is 0 Å². The maximum atomic E-state index is 12.6. The van der Waals surface area contributed by atoms with Crippen LogP contribution < -0.4 is 4.74 Å². The molecule has 0 fully saturated rings. The van der Waals surface area contributed by atoms with Crippen LogP contribution in [0.5, 0.6) is 5.75 Å². The van der Waals surface area contributed by atoms with Gasteiger partial charge in [-0.25, -0.2) is 9.59 Å². The molecule has 7 nitrogen and oxygen atoms in total. The molecule has 0 spiro atoms. The number of aromatic amines is 1. The molecule has 7 heteroatoms. The van der Waals surface area contributed by atoms with E-state index in [0.717, 1.165) is 0 Å². The van der Waals surface area contributed by atoms with Crippen molar-refractivity contribution in [3.8, 4) is 5.75 Å². The number of hydrogen-bond acceptors (Lipinski definition) is 6. The lowest BCUT2D eigenvalue weighted by Crippen LogP contribution is -2.17. The number of aryl methyl sites for hydroxylation is 2. The number of rotatable bonds is 7. The second-order valence-corrected chi connectivity index (χ2v) is 5.58. The Labute approximate surface area is 151 Å². The molecule has 0 saturated heterocycles. The van der Waals surface area contributed by atoms with Gasteiger partial charge in [0.05, 0.1) is 30.4 Å². The fourth-order valence-corrected chi connectivity index (χ4v) is 2.64. The molecule has 2 rings (SSSR count). The van der Waals surface area contributed by atoms with Gasteiger partial charge in [0.1, 0.15) is 5.75 Å². The number of carbonyl (C=O) groups is 3. The number of ether oxygens (including phenoxy) is 3. The van der Waals surface area contributed by atoms with E-state index in [-0.39, 0.29) is 30.1 Å². The van der Waals surface area contributed by atoms with Gasteiger partial charge in [-0.1, -0.05) is 6.07 Å². The number of carbonyl (C=O) groups excluding carboxylic acids is 3. The number of hydrogen-bond donors (Lipinski definition) is 1. The van der Waals surface area contributed by atoms with E-state index in [9.17, 15) is 14.4 Å². The number of aromatic nitrogens is 1. The van der Waals surface area contributed by atoms with E-state index < -0.39 is 11.9 Å². The molecule has 0 unspecified atom stereocenters. The topological polar surface area (TPSA) is 94.7 Å². The summed E-state index contributed by atoms with van der Waals surface area (Å²) in [5, 5.41) is 0. The lowest BCUT2D eigenvalue weighted by molar-refractivity contribution is 0.0521. The molecule has 0 saturated carbocycles. The number of methoxy groups -OCH3 is 1. The Morgan fingerprint density at radius 2 is 1.73 bits per heavy atom. The summed E-state index contributed by atoms with van der Waals surface area (Å²) >= 11 is 0. The van der Waals surface area contributed by atoms with E-state index in [4.69, 9.17) is 9.47 Å². The van der Waals surface area contributed by atoms with Crippen LogP contribution in [-0.2, 0) is 9.47 Å². The highest BCUT2D eigenvalue weighted by molar-refractivity contribution is 6.08. The smallest absolute Gasteiger partial charge is 0.340 e. The van der Waals surface area contributed by atoms with E-state index >= 15 is 0 Å². The maximum absolute atomic E-state index is 12.6. The summed E-state index contributed by atoms with van der Waals surface area (Å²) < 4.78 is 15.2. The van der Waals surface area contributed by atoms with Crippen LogP contribution in [0.1, 0.15) is 49.4 Å². The van der Waals surface area contributed by atoms with Crippen LogP contribution in [0, 0.1) is 13.8 Å². The van der Waals surface area contributed by atoms with Crippen molar-refractivity contribution in [1.29, 1.82) is 0 Å². The van der Waals surface area contributed by atoms with Crippen molar-refractivity contribution in [2.45, 2.75) is 20.8 Å². The van der Waals surface area contributed by atoms with Crippen molar-refractivity contribution in [2.75, 3.05) is 20.3 Å². The zero-order valence-corrected chi connectivity index (χ0v) is 15.2. The maximum Gasteiger partial charge on any atom is 0.340 e. The summed E-state index contributed by atoms with van der Waals surface area (Å²) in [4.78, 5) is 39.3. The summed E-state index contributed by atoms with van der Waals surface area (Å²) in [6.45, 7) is 5.05.